The summed E-state index contributed by atoms with van der Waals surface area (Å²) in [5.41, 5.74) is 1.50. The summed E-state index contributed by atoms with van der Waals surface area (Å²) < 4.78 is 18.9. The number of halogens is 1. The Morgan fingerprint density at radius 3 is 2.32 bits per heavy atom. The second-order valence-electron chi connectivity index (χ2n) is 7.43. The van der Waals surface area contributed by atoms with Crippen LogP contribution in [-0.2, 0) is 21.7 Å². The van der Waals surface area contributed by atoms with Gasteiger partial charge in [0, 0.05) is 12.2 Å². The summed E-state index contributed by atoms with van der Waals surface area (Å²) in [4.78, 5) is 4.41. The van der Waals surface area contributed by atoms with Gasteiger partial charge < -0.3 is 0 Å². The van der Waals surface area contributed by atoms with Gasteiger partial charge in [0.2, 0.25) is 0 Å². The van der Waals surface area contributed by atoms with Crippen LogP contribution in [0.25, 0.3) is 5.65 Å². The van der Waals surface area contributed by atoms with E-state index < -0.39 is 11.1 Å². The van der Waals surface area contributed by atoms with E-state index in [0.29, 0.717) is 35.3 Å². The molecule has 0 aliphatic heterocycles. The standard InChI is InChI=1S/C20H35ClN4O2S/c1-3-4-5-6-7-8-9-10-11-12-15-27-28(26)16-13-14-18-22-20-19(21)17(2)23-25(20)24-18/h23H,3-16H2,1-2H3. The Bertz CT molecular complexity index is 716. The van der Waals surface area contributed by atoms with Crippen LogP contribution in [0.3, 0.4) is 0 Å². The first-order chi connectivity index (χ1) is 13.6. The van der Waals surface area contributed by atoms with Gasteiger partial charge in [0.1, 0.15) is 5.02 Å². The lowest BCUT2D eigenvalue weighted by molar-refractivity contribution is 0.331. The van der Waals surface area contributed by atoms with E-state index in [2.05, 4.69) is 22.1 Å². The minimum Gasteiger partial charge on any atom is -0.291 e. The average Bonchev–Trinajstić information content (AvgIpc) is 3.18. The first-order valence-electron chi connectivity index (χ1n) is 10.7. The Morgan fingerprint density at radius 1 is 1.04 bits per heavy atom. The molecule has 2 heterocycles. The van der Waals surface area contributed by atoms with Crippen molar-refractivity contribution in [2.45, 2.75) is 90.9 Å². The van der Waals surface area contributed by atoms with Crippen molar-refractivity contribution < 1.29 is 8.39 Å². The number of nitrogens with zero attached hydrogens (tertiary/aromatic N) is 3. The molecule has 0 saturated carbocycles. The first-order valence-corrected chi connectivity index (χ1v) is 12.4. The van der Waals surface area contributed by atoms with Crippen molar-refractivity contribution in [2.75, 3.05) is 12.4 Å². The molecule has 0 aromatic carbocycles. The Labute approximate surface area is 176 Å². The zero-order valence-corrected chi connectivity index (χ0v) is 18.9. The van der Waals surface area contributed by atoms with Crippen LogP contribution < -0.4 is 0 Å². The van der Waals surface area contributed by atoms with Gasteiger partial charge in [-0.3, -0.25) is 9.28 Å². The normalized spacial score (nSPS) is 12.8. The maximum absolute atomic E-state index is 11.9. The van der Waals surface area contributed by atoms with Gasteiger partial charge in [0.05, 0.1) is 12.3 Å². The molecule has 1 atom stereocenters. The summed E-state index contributed by atoms with van der Waals surface area (Å²) in [5.74, 6) is 1.22. The van der Waals surface area contributed by atoms with Gasteiger partial charge in [-0.05, 0) is 19.8 Å². The second kappa shape index (κ2) is 13.3. The number of H-pyrrole nitrogens is 1. The molecular formula is C20H35ClN4O2S. The third-order valence-corrected chi connectivity index (χ3v) is 6.38. The molecule has 2 rings (SSSR count). The molecular weight excluding hydrogens is 396 g/mol. The van der Waals surface area contributed by atoms with E-state index in [9.17, 15) is 4.21 Å². The topological polar surface area (TPSA) is 72.3 Å². The van der Waals surface area contributed by atoms with Crippen molar-refractivity contribution in [3.05, 3.63) is 16.5 Å². The lowest BCUT2D eigenvalue weighted by Gasteiger charge is -2.04. The van der Waals surface area contributed by atoms with Crippen LogP contribution in [0.15, 0.2) is 0 Å². The van der Waals surface area contributed by atoms with E-state index in [1.165, 1.54) is 51.4 Å². The predicted octanol–water partition coefficient (Wildman–Crippen LogP) is 5.55. The van der Waals surface area contributed by atoms with E-state index in [4.69, 9.17) is 15.8 Å². The quantitative estimate of drug-likeness (QED) is 0.354. The summed E-state index contributed by atoms with van der Waals surface area (Å²) in [6.45, 7) is 4.72. The molecule has 1 N–H and O–H groups in total. The molecule has 1 unspecified atom stereocenters. The molecule has 160 valence electrons. The molecule has 2 aromatic rings. The van der Waals surface area contributed by atoms with E-state index in [-0.39, 0.29) is 0 Å². The maximum atomic E-state index is 11.9. The number of nitrogens with one attached hydrogen (secondary N) is 1. The van der Waals surface area contributed by atoms with Crippen molar-refractivity contribution in [2.24, 2.45) is 0 Å². The zero-order valence-electron chi connectivity index (χ0n) is 17.3. The summed E-state index contributed by atoms with van der Waals surface area (Å²) in [6, 6.07) is 0. The highest BCUT2D eigenvalue weighted by Gasteiger charge is 2.12. The number of hydrogen-bond acceptors (Lipinski definition) is 4. The number of unbranched alkanes of at least 4 members (excludes halogenated alkanes) is 9. The molecule has 2 aromatic heterocycles. The first kappa shape index (κ1) is 23.4. The van der Waals surface area contributed by atoms with E-state index in [0.717, 1.165) is 25.0 Å². The highest BCUT2D eigenvalue weighted by Crippen LogP contribution is 2.19. The summed E-state index contributed by atoms with van der Waals surface area (Å²) in [7, 11) is 0. The number of aromatic nitrogens is 4. The van der Waals surface area contributed by atoms with Crippen LogP contribution >= 0.6 is 11.6 Å². The van der Waals surface area contributed by atoms with Crippen molar-refractivity contribution in [1.29, 1.82) is 0 Å². The number of rotatable bonds is 16. The van der Waals surface area contributed by atoms with Crippen LogP contribution in [0.2, 0.25) is 5.02 Å². The highest BCUT2D eigenvalue weighted by molar-refractivity contribution is 7.80. The maximum Gasteiger partial charge on any atom is 0.194 e. The fraction of sp³-hybridized carbons (Fsp3) is 0.800. The number of fused-ring (bicyclic) bond motifs is 1. The third-order valence-electron chi connectivity index (χ3n) is 4.87. The van der Waals surface area contributed by atoms with Gasteiger partial charge in [-0.25, -0.2) is 9.19 Å². The monoisotopic (exact) mass is 430 g/mol. The van der Waals surface area contributed by atoms with Crippen molar-refractivity contribution in [3.63, 3.8) is 0 Å². The fourth-order valence-corrected chi connectivity index (χ4v) is 4.17. The van der Waals surface area contributed by atoms with Crippen LogP contribution in [0.1, 0.15) is 89.1 Å². The average molecular weight is 431 g/mol. The van der Waals surface area contributed by atoms with Crippen molar-refractivity contribution >= 4 is 28.3 Å². The molecule has 0 saturated heterocycles. The lowest BCUT2D eigenvalue weighted by atomic mass is 10.1. The van der Waals surface area contributed by atoms with Crippen molar-refractivity contribution in [3.8, 4) is 0 Å². The van der Waals surface area contributed by atoms with Gasteiger partial charge in [0.25, 0.3) is 0 Å². The molecule has 0 amide bonds. The zero-order chi connectivity index (χ0) is 20.2. The minimum absolute atomic E-state index is 0.512. The van der Waals surface area contributed by atoms with E-state index >= 15 is 0 Å². The van der Waals surface area contributed by atoms with Crippen LogP contribution in [0, 0.1) is 6.92 Å². The smallest absolute Gasteiger partial charge is 0.194 e. The third kappa shape index (κ3) is 8.21. The molecule has 0 aliphatic carbocycles. The van der Waals surface area contributed by atoms with Crippen LogP contribution in [0.4, 0.5) is 0 Å². The van der Waals surface area contributed by atoms with Gasteiger partial charge in [-0.1, -0.05) is 76.3 Å². The molecule has 0 aliphatic rings. The molecule has 28 heavy (non-hydrogen) atoms. The molecule has 0 fully saturated rings. The molecule has 0 radical (unpaired) electrons. The summed E-state index contributed by atoms with van der Waals surface area (Å²) >= 11 is 4.93. The predicted molar refractivity (Wildman–Crippen MR) is 116 cm³/mol. The highest BCUT2D eigenvalue weighted by atomic mass is 35.5. The summed E-state index contributed by atoms with van der Waals surface area (Å²) in [6.07, 6.45) is 14.3. The Kier molecular flexibility index (Phi) is 11.1. The van der Waals surface area contributed by atoms with Gasteiger partial charge in [-0.2, -0.15) is 4.63 Å². The Hall–Kier alpha value is -0.920. The lowest BCUT2D eigenvalue weighted by Crippen LogP contribution is -2.05. The Morgan fingerprint density at radius 2 is 1.68 bits per heavy atom. The van der Waals surface area contributed by atoms with Crippen molar-refractivity contribution in [1.82, 2.24) is 19.8 Å². The number of aromatic amines is 1. The largest absolute Gasteiger partial charge is 0.291 e. The van der Waals surface area contributed by atoms with E-state index in [1.54, 1.807) is 4.63 Å². The second-order valence-corrected chi connectivity index (χ2v) is 9.06. The van der Waals surface area contributed by atoms with Gasteiger partial charge >= 0.3 is 0 Å². The molecule has 0 bridgehead atoms. The van der Waals surface area contributed by atoms with Gasteiger partial charge in [0.15, 0.2) is 22.6 Å². The van der Waals surface area contributed by atoms with Crippen LogP contribution in [-0.4, -0.2) is 36.4 Å². The summed E-state index contributed by atoms with van der Waals surface area (Å²) in [5, 5.41) is 7.98. The SMILES string of the molecule is CCCCCCCCCCCCOS(=O)CCCc1nc2c(Cl)c(C)[nH]n2n1. The van der Waals surface area contributed by atoms with E-state index in [1.807, 2.05) is 6.92 Å². The van der Waals surface area contributed by atoms with Gasteiger partial charge in [-0.15, -0.1) is 5.10 Å². The number of aryl methyl sites for hydroxylation is 2. The molecule has 6 nitrogen and oxygen atoms in total. The van der Waals surface area contributed by atoms with Crippen LogP contribution in [0.5, 0.6) is 0 Å². The molecule has 0 spiro atoms. The Balaban J connectivity index is 1.44. The fourth-order valence-electron chi connectivity index (χ4n) is 3.20. The minimum atomic E-state index is -1.22. The molecule has 8 heteroatoms. The number of hydrogen-bond donors (Lipinski definition) is 1.